The molecule has 32 heavy (non-hydrogen) atoms. The fraction of sp³-hybridized carbons (Fsp3) is 0.125. The molecule has 0 aliphatic heterocycles. The van der Waals surface area contributed by atoms with Gasteiger partial charge in [0.2, 0.25) is 5.91 Å². The van der Waals surface area contributed by atoms with E-state index in [1.165, 1.54) is 30.5 Å². The van der Waals surface area contributed by atoms with Crippen molar-refractivity contribution in [1.29, 1.82) is 0 Å². The molecule has 3 rings (SSSR count). The number of aromatic nitrogens is 1. The molecule has 0 atom stereocenters. The van der Waals surface area contributed by atoms with Crippen LogP contribution in [0.5, 0.6) is 17.2 Å². The van der Waals surface area contributed by atoms with E-state index in [2.05, 4.69) is 10.3 Å². The lowest BCUT2D eigenvalue weighted by Crippen LogP contribution is -2.14. The van der Waals surface area contributed by atoms with Gasteiger partial charge in [0.1, 0.15) is 11.5 Å². The molecule has 0 saturated carbocycles. The summed E-state index contributed by atoms with van der Waals surface area (Å²) in [5, 5.41) is 2.68. The number of esters is 1. The summed E-state index contributed by atoms with van der Waals surface area (Å²) in [6, 6.07) is 14.3. The Bertz CT molecular complexity index is 1100. The summed E-state index contributed by atoms with van der Waals surface area (Å²) in [6.45, 7) is 1.76. The molecular formula is C24H21FN2O5. The number of anilines is 1. The lowest BCUT2D eigenvalue weighted by atomic mass is 10.2. The van der Waals surface area contributed by atoms with Crippen molar-refractivity contribution in [2.75, 3.05) is 18.5 Å². The number of hydrogen-bond donors (Lipinski definition) is 1. The van der Waals surface area contributed by atoms with Gasteiger partial charge >= 0.3 is 5.97 Å². The highest BCUT2D eigenvalue weighted by Gasteiger charge is 2.07. The fourth-order valence-corrected chi connectivity index (χ4v) is 2.60. The highest BCUT2D eigenvalue weighted by Crippen LogP contribution is 2.25. The van der Waals surface area contributed by atoms with Crippen LogP contribution in [0.1, 0.15) is 12.5 Å². The van der Waals surface area contributed by atoms with E-state index in [9.17, 15) is 14.0 Å². The standard InChI is InChI=1S/C24H21FN2O5/c1-2-30-24(29)16-31-19-6-3-5-18(14-19)27-23(28)11-9-17-8-10-22(21(25)13-17)32-20-7-4-12-26-15-20/h3-15H,2,16H2,1H3,(H,27,28)/b11-9+. The molecule has 7 nitrogen and oxygen atoms in total. The smallest absolute Gasteiger partial charge is 0.344 e. The number of carbonyl (C=O) groups is 2. The van der Waals surface area contributed by atoms with Crippen molar-refractivity contribution in [2.24, 2.45) is 0 Å². The molecule has 1 heterocycles. The molecule has 1 amide bonds. The number of ether oxygens (including phenoxy) is 3. The first-order valence-electron chi connectivity index (χ1n) is 9.78. The predicted molar refractivity (Wildman–Crippen MR) is 117 cm³/mol. The normalized spacial score (nSPS) is 10.6. The Hall–Kier alpha value is -4.20. The third-order valence-corrected chi connectivity index (χ3v) is 4.01. The lowest BCUT2D eigenvalue weighted by Gasteiger charge is -2.08. The number of hydrogen-bond acceptors (Lipinski definition) is 6. The van der Waals surface area contributed by atoms with Crippen molar-refractivity contribution < 1.29 is 28.2 Å². The molecule has 0 spiro atoms. The lowest BCUT2D eigenvalue weighted by molar-refractivity contribution is -0.145. The van der Waals surface area contributed by atoms with Crippen LogP contribution in [0, 0.1) is 5.82 Å². The number of nitrogens with zero attached hydrogens (tertiary/aromatic N) is 1. The van der Waals surface area contributed by atoms with E-state index in [4.69, 9.17) is 14.2 Å². The summed E-state index contributed by atoms with van der Waals surface area (Å²) in [6.07, 6.45) is 5.83. The van der Waals surface area contributed by atoms with Crippen LogP contribution in [0.4, 0.5) is 10.1 Å². The van der Waals surface area contributed by atoms with Crippen molar-refractivity contribution in [2.45, 2.75) is 6.92 Å². The number of rotatable bonds is 9. The molecule has 3 aromatic rings. The van der Waals surface area contributed by atoms with E-state index in [0.29, 0.717) is 22.7 Å². The van der Waals surface area contributed by atoms with E-state index < -0.39 is 17.7 Å². The van der Waals surface area contributed by atoms with Gasteiger partial charge < -0.3 is 19.5 Å². The summed E-state index contributed by atoms with van der Waals surface area (Å²) in [5.41, 5.74) is 0.968. The molecule has 0 aliphatic carbocycles. The predicted octanol–water partition coefficient (Wildman–Crippen LogP) is 4.61. The Morgan fingerprint density at radius 1 is 1.09 bits per heavy atom. The highest BCUT2D eigenvalue weighted by molar-refractivity contribution is 6.02. The molecular weight excluding hydrogens is 415 g/mol. The second-order valence-corrected chi connectivity index (χ2v) is 6.42. The van der Waals surface area contributed by atoms with Crippen LogP contribution in [0.15, 0.2) is 73.1 Å². The molecule has 8 heteroatoms. The van der Waals surface area contributed by atoms with Gasteiger partial charge in [-0.05, 0) is 55.0 Å². The quantitative estimate of drug-likeness (QED) is 0.390. The molecule has 0 radical (unpaired) electrons. The SMILES string of the molecule is CCOC(=O)COc1cccc(NC(=O)/C=C/c2ccc(Oc3cccnc3)c(F)c2)c1. The van der Waals surface area contributed by atoms with Gasteiger partial charge in [-0.1, -0.05) is 12.1 Å². The Morgan fingerprint density at radius 3 is 2.69 bits per heavy atom. The van der Waals surface area contributed by atoms with Crippen LogP contribution in [0.2, 0.25) is 0 Å². The average molecular weight is 436 g/mol. The van der Waals surface area contributed by atoms with Crippen LogP contribution in [-0.2, 0) is 14.3 Å². The van der Waals surface area contributed by atoms with Gasteiger partial charge in [0, 0.05) is 24.0 Å². The topological polar surface area (TPSA) is 86.8 Å². The monoisotopic (exact) mass is 436 g/mol. The summed E-state index contributed by atoms with van der Waals surface area (Å²) in [7, 11) is 0. The van der Waals surface area contributed by atoms with E-state index in [-0.39, 0.29) is 19.0 Å². The Balaban J connectivity index is 1.56. The van der Waals surface area contributed by atoms with E-state index in [0.717, 1.165) is 0 Å². The van der Waals surface area contributed by atoms with Gasteiger partial charge in [0.05, 0.1) is 12.8 Å². The minimum atomic E-state index is -0.567. The molecule has 0 bridgehead atoms. The number of halogens is 1. The van der Waals surface area contributed by atoms with Crippen LogP contribution in [0.3, 0.4) is 0 Å². The van der Waals surface area contributed by atoms with Crippen LogP contribution >= 0.6 is 0 Å². The number of pyridine rings is 1. The molecule has 1 aromatic heterocycles. The zero-order valence-electron chi connectivity index (χ0n) is 17.3. The largest absolute Gasteiger partial charge is 0.482 e. The molecule has 164 valence electrons. The van der Waals surface area contributed by atoms with Crippen molar-refractivity contribution in [1.82, 2.24) is 4.98 Å². The van der Waals surface area contributed by atoms with Crippen molar-refractivity contribution in [3.05, 3.63) is 84.4 Å². The summed E-state index contributed by atoms with van der Waals surface area (Å²) < 4.78 is 29.9. The van der Waals surface area contributed by atoms with Crippen LogP contribution < -0.4 is 14.8 Å². The maximum Gasteiger partial charge on any atom is 0.344 e. The molecule has 2 aromatic carbocycles. The van der Waals surface area contributed by atoms with Gasteiger partial charge in [0.15, 0.2) is 18.2 Å². The van der Waals surface area contributed by atoms with Gasteiger partial charge in [-0.3, -0.25) is 9.78 Å². The summed E-state index contributed by atoms with van der Waals surface area (Å²) in [5.74, 6) is -0.576. The Kier molecular flexibility index (Phi) is 7.91. The maximum atomic E-state index is 14.3. The molecule has 0 fully saturated rings. The minimum Gasteiger partial charge on any atom is -0.482 e. The van der Waals surface area contributed by atoms with Crippen molar-refractivity contribution >= 4 is 23.6 Å². The first-order valence-corrected chi connectivity index (χ1v) is 9.78. The fourth-order valence-electron chi connectivity index (χ4n) is 2.60. The van der Waals surface area contributed by atoms with Gasteiger partial charge in [-0.15, -0.1) is 0 Å². The van der Waals surface area contributed by atoms with Crippen molar-refractivity contribution in [3.63, 3.8) is 0 Å². The average Bonchev–Trinajstić information content (AvgIpc) is 2.79. The summed E-state index contributed by atoms with van der Waals surface area (Å²) in [4.78, 5) is 27.5. The van der Waals surface area contributed by atoms with Gasteiger partial charge in [-0.25, -0.2) is 9.18 Å². The van der Waals surface area contributed by atoms with E-state index >= 15 is 0 Å². The highest BCUT2D eigenvalue weighted by atomic mass is 19.1. The van der Waals surface area contributed by atoms with Crippen LogP contribution in [-0.4, -0.2) is 30.1 Å². The second-order valence-electron chi connectivity index (χ2n) is 6.42. The second kappa shape index (κ2) is 11.3. The number of carbonyl (C=O) groups excluding carboxylic acids is 2. The molecule has 0 aliphatic rings. The molecule has 0 unspecified atom stereocenters. The number of amides is 1. The Morgan fingerprint density at radius 2 is 1.94 bits per heavy atom. The van der Waals surface area contributed by atoms with Gasteiger partial charge in [-0.2, -0.15) is 0 Å². The van der Waals surface area contributed by atoms with E-state index in [1.54, 1.807) is 55.6 Å². The van der Waals surface area contributed by atoms with Crippen molar-refractivity contribution in [3.8, 4) is 17.2 Å². The first kappa shape index (κ1) is 22.5. The van der Waals surface area contributed by atoms with Gasteiger partial charge in [0.25, 0.3) is 0 Å². The Labute approximate surface area is 184 Å². The summed E-state index contributed by atoms with van der Waals surface area (Å²) >= 11 is 0. The van der Waals surface area contributed by atoms with E-state index in [1.807, 2.05) is 0 Å². The van der Waals surface area contributed by atoms with Crippen LogP contribution in [0.25, 0.3) is 6.08 Å². The number of benzene rings is 2. The first-order chi connectivity index (χ1) is 15.5. The zero-order valence-corrected chi connectivity index (χ0v) is 17.3. The molecule has 1 N–H and O–H groups in total. The molecule has 0 saturated heterocycles. The zero-order chi connectivity index (χ0) is 22.8. The minimum absolute atomic E-state index is 0.0548. The number of nitrogens with one attached hydrogen (secondary N) is 1. The third-order valence-electron chi connectivity index (χ3n) is 4.01. The maximum absolute atomic E-state index is 14.3. The third kappa shape index (κ3) is 6.94.